The predicted molar refractivity (Wildman–Crippen MR) is 141 cm³/mol. The molecule has 3 aliphatic rings. The number of alkyl halides is 4. The van der Waals surface area contributed by atoms with Crippen molar-refractivity contribution >= 4 is 43.7 Å². The standard InChI is InChI=1S/C25H28BrF3N2O8S/c1-3-9-37-23(33)31-13-16-10-17(39-40(34,35)25(27,28)29)14-30(16)22(32)18-11-20(36-2)21(12-19(18)31)38-15-24(6-7-24)5-4-8-26/h3,11-12,14,16H,1,4-10,13,15H2,2H3/t16-/m0/s1. The highest BCUT2D eigenvalue weighted by Crippen LogP contribution is 2.51. The molecule has 40 heavy (non-hydrogen) atoms. The third-order valence-electron chi connectivity index (χ3n) is 6.92. The summed E-state index contributed by atoms with van der Waals surface area (Å²) in [6.45, 7) is 3.55. The van der Waals surface area contributed by atoms with Crippen LogP contribution in [0.25, 0.3) is 0 Å². The number of halogens is 4. The average Bonchev–Trinajstić information content (AvgIpc) is 3.59. The van der Waals surface area contributed by atoms with Crippen molar-refractivity contribution in [2.75, 3.05) is 37.1 Å². The highest BCUT2D eigenvalue weighted by atomic mass is 79.9. The lowest BCUT2D eigenvalue weighted by atomic mass is 10.0. The van der Waals surface area contributed by atoms with Crippen LogP contribution in [0.3, 0.4) is 0 Å². The molecule has 0 N–H and O–H groups in total. The van der Waals surface area contributed by atoms with Crippen LogP contribution in [0.15, 0.2) is 36.7 Å². The van der Waals surface area contributed by atoms with Gasteiger partial charge in [0, 0.05) is 29.4 Å². The highest BCUT2D eigenvalue weighted by Gasteiger charge is 2.50. The Kier molecular flexibility index (Phi) is 8.64. The van der Waals surface area contributed by atoms with Crippen molar-refractivity contribution in [2.24, 2.45) is 5.41 Å². The molecular weight excluding hydrogens is 625 g/mol. The van der Waals surface area contributed by atoms with Gasteiger partial charge >= 0.3 is 21.7 Å². The van der Waals surface area contributed by atoms with Gasteiger partial charge in [0.25, 0.3) is 5.91 Å². The summed E-state index contributed by atoms with van der Waals surface area (Å²) in [4.78, 5) is 28.9. The summed E-state index contributed by atoms with van der Waals surface area (Å²) in [5.74, 6) is -0.786. The van der Waals surface area contributed by atoms with E-state index in [0.29, 0.717) is 12.4 Å². The zero-order valence-corrected chi connectivity index (χ0v) is 23.9. The van der Waals surface area contributed by atoms with E-state index in [1.165, 1.54) is 25.3 Å². The summed E-state index contributed by atoms with van der Waals surface area (Å²) in [6, 6.07) is 1.93. The van der Waals surface area contributed by atoms with E-state index < -0.39 is 45.8 Å². The first kappa shape index (κ1) is 30.0. The Morgan fingerprint density at radius 3 is 2.60 bits per heavy atom. The van der Waals surface area contributed by atoms with Crippen LogP contribution >= 0.6 is 15.9 Å². The van der Waals surface area contributed by atoms with Gasteiger partial charge in [-0.25, -0.2) is 4.79 Å². The number of amides is 2. The van der Waals surface area contributed by atoms with Gasteiger partial charge in [-0.2, -0.15) is 21.6 Å². The van der Waals surface area contributed by atoms with Gasteiger partial charge in [-0.15, -0.1) is 0 Å². The average molecular weight is 653 g/mol. The highest BCUT2D eigenvalue weighted by molar-refractivity contribution is 9.09. The van der Waals surface area contributed by atoms with Crippen LogP contribution in [-0.4, -0.2) is 69.1 Å². The smallest absolute Gasteiger partial charge is 0.493 e. The molecule has 0 spiro atoms. The number of ether oxygens (including phenoxy) is 3. The Bertz CT molecular complexity index is 1310. The number of carbonyl (C=O) groups excluding carboxylic acids is 2. The Morgan fingerprint density at radius 1 is 1.27 bits per heavy atom. The maximum absolute atomic E-state index is 13.6. The number of carbonyl (C=O) groups is 2. The summed E-state index contributed by atoms with van der Waals surface area (Å²) in [7, 11) is -4.57. The third kappa shape index (κ3) is 6.19. The van der Waals surface area contributed by atoms with Crippen LogP contribution < -0.4 is 14.4 Å². The van der Waals surface area contributed by atoms with E-state index in [1.807, 2.05) is 0 Å². The number of fused-ring (bicyclic) bond motifs is 2. The second-order valence-electron chi connectivity index (χ2n) is 9.73. The van der Waals surface area contributed by atoms with Gasteiger partial charge < -0.3 is 23.3 Å². The maximum Gasteiger partial charge on any atom is 0.534 e. The zero-order valence-electron chi connectivity index (χ0n) is 21.5. The number of benzene rings is 1. The molecule has 1 atom stereocenters. The third-order valence-corrected chi connectivity index (χ3v) is 8.48. The number of nitrogens with zero attached hydrogens (tertiary/aromatic N) is 2. The normalized spacial score (nSPS) is 19.7. The molecule has 1 fully saturated rings. The van der Waals surface area contributed by atoms with Crippen molar-refractivity contribution in [3.8, 4) is 11.5 Å². The van der Waals surface area contributed by atoms with E-state index in [2.05, 4.69) is 26.7 Å². The van der Waals surface area contributed by atoms with Crippen molar-refractivity contribution in [1.82, 2.24) is 4.90 Å². The summed E-state index contributed by atoms with van der Waals surface area (Å²) in [5.41, 5.74) is -5.49. The van der Waals surface area contributed by atoms with E-state index in [9.17, 15) is 31.2 Å². The number of rotatable bonds is 11. The second-order valence-corrected chi connectivity index (χ2v) is 12.1. The topological polar surface area (TPSA) is 112 Å². The number of hydrogen-bond acceptors (Lipinski definition) is 8. The lowest BCUT2D eigenvalue weighted by Crippen LogP contribution is -2.41. The fraction of sp³-hybridized carbons (Fsp3) is 0.520. The largest absolute Gasteiger partial charge is 0.534 e. The predicted octanol–water partition coefficient (Wildman–Crippen LogP) is 5.09. The first-order valence-electron chi connectivity index (χ1n) is 12.3. The molecule has 1 aromatic carbocycles. The van der Waals surface area contributed by atoms with E-state index in [4.69, 9.17) is 14.2 Å². The minimum absolute atomic E-state index is 0.0288. The molecule has 0 aromatic heterocycles. The van der Waals surface area contributed by atoms with Crippen molar-refractivity contribution < 1.29 is 49.6 Å². The van der Waals surface area contributed by atoms with E-state index in [1.54, 1.807) is 0 Å². The minimum Gasteiger partial charge on any atom is -0.493 e. The van der Waals surface area contributed by atoms with Gasteiger partial charge in [0.05, 0.1) is 37.6 Å². The molecule has 2 heterocycles. The molecular formula is C25H28BrF3N2O8S. The van der Waals surface area contributed by atoms with Crippen molar-refractivity contribution in [3.63, 3.8) is 0 Å². The maximum atomic E-state index is 13.6. The monoisotopic (exact) mass is 652 g/mol. The first-order chi connectivity index (χ1) is 18.8. The van der Waals surface area contributed by atoms with Gasteiger partial charge in [-0.05, 0) is 31.7 Å². The van der Waals surface area contributed by atoms with E-state index in [-0.39, 0.29) is 35.6 Å². The summed E-state index contributed by atoms with van der Waals surface area (Å²) in [6.07, 6.45) is 5.01. The van der Waals surface area contributed by atoms with Crippen molar-refractivity contribution in [1.29, 1.82) is 0 Å². The molecule has 220 valence electrons. The van der Waals surface area contributed by atoms with Crippen LogP contribution in [0.4, 0.5) is 23.7 Å². The second kappa shape index (κ2) is 11.5. The molecule has 0 radical (unpaired) electrons. The number of methoxy groups -OCH3 is 1. The van der Waals surface area contributed by atoms with Crippen molar-refractivity contribution in [2.45, 2.75) is 43.7 Å². The van der Waals surface area contributed by atoms with Gasteiger partial charge in [-0.1, -0.05) is 28.6 Å². The van der Waals surface area contributed by atoms with Crippen LogP contribution in [0, 0.1) is 5.41 Å². The Hall–Kier alpha value is -2.94. The minimum atomic E-state index is -5.95. The van der Waals surface area contributed by atoms with Gasteiger partial charge in [0.2, 0.25) is 0 Å². The fourth-order valence-corrected chi connectivity index (χ4v) is 5.39. The van der Waals surface area contributed by atoms with Gasteiger partial charge in [0.1, 0.15) is 12.4 Å². The molecule has 15 heteroatoms. The molecule has 2 aliphatic heterocycles. The summed E-state index contributed by atoms with van der Waals surface area (Å²) >= 11 is 3.44. The Morgan fingerprint density at radius 2 is 2.00 bits per heavy atom. The van der Waals surface area contributed by atoms with Gasteiger partial charge in [-0.3, -0.25) is 9.69 Å². The van der Waals surface area contributed by atoms with Crippen LogP contribution in [-0.2, 0) is 19.0 Å². The molecule has 0 saturated heterocycles. The van der Waals surface area contributed by atoms with E-state index >= 15 is 0 Å². The SMILES string of the molecule is C=CCOC(=O)N1C[C@@H]2CC(OS(=O)(=O)C(F)(F)F)=CN2C(=O)c2cc(OC)c(OCC3(CCCBr)CC3)cc21. The summed E-state index contributed by atoms with van der Waals surface area (Å²) in [5, 5.41) is 0.877. The molecule has 1 saturated carbocycles. The molecule has 1 aliphatic carbocycles. The number of hydrogen-bond donors (Lipinski definition) is 0. The van der Waals surface area contributed by atoms with Crippen LogP contribution in [0.2, 0.25) is 0 Å². The van der Waals surface area contributed by atoms with E-state index in [0.717, 1.165) is 47.0 Å². The number of anilines is 1. The molecule has 10 nitrogen and oxygen atoms in total. The molecule has 0 bridgehead atoms. The lowest BCUT2D eigenvalue weighted by Gasteiger charge is -2.26. The molecule has 0 unspecified atom stereocenters. The lowest BCUT2D eigenvalue weighted by molar-refractivity contribution is -0.0523. The fourth-order valence-electron chi connectivity index (χ4n) is 4.63. The van der Waals surface area contributed by atoms with Crippen LogP contribution in [0.1, 0.15) is 42.5 Å². The molecule has 2 amide bonds. The summed E-state index contributed by atoms with van der Waals surface area (Å²) < 4.78 is 82.8. The van der Waals surface area contributed by atoms with Gasteiger partial charge in [0.15, 0.2) is 11.5 Å². The zero-order chi connectivity index (χ0) is 29.3. The van der Waals surface area contributed by atoms with Crippen LogP contribution in [0.5, 0.6) is 11.5 Å². The molecule has 1 aromatic rings. The first-order valence-corrected chi connectivity index (χ1v) is 14.9. The Balaban J connectivity index is 1.69. The molecule has 4 rings (SSSR count). The Labute approximate surface area is 237 Å². The van der Waals surface area contributed by atoms with Crippen molar-refractivity contribution in [3.05, 3.63) is 42.3 Å². The quantitative estimate of drug-likeness (QED) is 0.141.